The molecule has 1 aromatic rings. The third-order valence-corrected chi connectivity index (χ3v) is 2.11. The van der Waals surface area contributed by atoms with Gasteiger partial charge < -0.3 is 9.84 Å². The van der Waals surface area contributed by atoms with Crippen molar-refractivity contribution < 1.29 is 9.84 Å². The van der Waals surface area contributed by atoms with Gasteiger partial charge in [0.1, 0.15) is 12.4 Å². The van der Waals surface area contributed by atoms with E-state index < -0.39 is 6.10 Å². The molecule has 0 fully saturated rings. The van der Waals surface area contributed by atoms with Crippen LogP contribution in [-0.4, -0.2) is 17.8 Å². The molecular formula is C10H13BrO2. The Morgan fingerprint density at radius 3 is 2.77 bits per heavy atom. The molecule has 0 heterocycles. The zero-order valence-electron chi connectivity index (χ0n) is 7.75. The van der Waals surface area contributed by atoms with E-state index in [1.165, 1.54) is 0 Å². The number of ether oxygens (including phenoxy) is 1. The van der Waals surface area contributed by atoms with Gasteiger partial charge in [0, 0.05) is 4.47 Å². The highest BCUT2D eigenvalue weighted by Gasteiger charge is 2.01. The fourth-order valence-corrected chi connectivity index (χ4v) is 1.46. The summed E-state index contributed by atoms with van der Waals surface area (Å²) < 4.78 is 6.42. The Balaban J connectivity index is 2.67. The van der Waals surface area contributed by atoms with E-state index in [0.717, 1.165) is 15.8 Å². The Hall–Kier alpha value is -0.540. The smallest absolute Gasteiger partial charge is 0.122 e. The first kappa shape index (κ1) is 10.5. The van der Waals surface area contributed by atoms with E-state index in [4.69, 9.17) is 9.84 Å². The third-order valence-electron chi connectivity index (χ3n) is 1.62. The van der Waals surface area contributed by atoms with Gasteiger partial charge in [0.25, 0.3) is 0 Å². The van der Waals surface area contributed by atoms with Gasteiger partial charge >= 0.3 is 0 Å². The van der Waals surface area contributed by atoms with Crippen LogP contribution in [0.15, 0.2) is 22.7 Å². The van der Waals surface area contributed by atoms with Gasteiger partial charge in [-0.1, -0.05) is 15.9 Å². The summed E-state index contributed by atoms with van der Waals surface area (Å²) >= 11 is 3.37. The lowest BCUT2D eigenvalue weighted by molar-refractivity contribution is 0.122. The average molecular weight is 245 g/mol. The molecule has 1 atom stereocenters. The SMILES string of the molecule is Cc1cc(Br)ccc1OCC(C)O. The molecule has 72 valence electrons. The van der Waals surface area contributed by atoms with Crippen LogP contribution in [0.3, 0.4) is 0 Å². The van der Waals surface area contributed by atoms with E-state index in [1.807, 2.05) is 25.1 Å². The third kappa shape index (κ3) is 3.36. The van der Waals surface area contributed by atoms with Crippen molar-refractivity contribution >= 4 is 15.9 Å². The Morgan fingerprint density at radius 1 is 1.54 bits per heavy atom. The number of hydrogen-bond donors (Lipinski definition) is 1. The van der Waals surface area contributed by atoms with E-state index in [2.05, 4.69) is 15.9 Å². The molecule has 1 rings (SSSR count). The summed E-state index contributed by atoms with van der Waals surface area (Å²) in [5, 5.41) is 9.02. The van der Waals surface area contributed by atoms with Crippen LogP contribution < -0.4 is 4.74 Å². The van der Waals surface area contributed by atoms with Crippen LogP contribution in [0.25, 0.3) is 0 Å². The minimum absolute atomic E-state index is 0.336. The standard InChI is InChI=1S/C10H13BrO2/c1-7-5-9(11)3-4-10(7)13-6-8(2)12/h3-5,8,12H,6H2,1-2H3. The van der Waals surface area contributed by atoms with Gasteiger partial charge in [0.05, 0.1) is 6.10 Å². The second-order valence-corrected chi connectivity index (χ2v) is 3.99. The zero-order chi connectivity index (χ0) is 9.84. The number of rotatable bonds is 3. The molecule has 1 unspecified atom stereocenters. The van der Waals surface area contributed by atoms with Crippen molar-refractivity contribution in [2.75, 3.05) is 6.61 Å². The zero-order valence-corrected chi connectivity index (χ0v) is 9.34. The quantitative estimate of drug-likeness (QED) is 0.886. The molecule has 2 nitrogen and oxygen atoms in total. The van der Waals surface area contributed by atoms with Crippen molar-refractivity contribution in [3.63, 3.8) is 0 Å². The maximum atomic E-state index is 9.02. The number of aliphatic hydroxyl groups is 1. The maximum absolute atomic E-state index is 9.02. The molecule has 0 aromatic heterocycles. The van der Waals surface area contributed by atoms with Gasteiger partial charge in [-0.25, -0.2) is 0 Å². The Kier molecular flexibility index (Phi) is 3.75. The van der Waals surface area contributed by atoms with Gasteiger partial charge in [-0.15, -0.1) is 0 Å². The van der Waals surface area contributed by atoms with Crippen molar-refractivity contribution in [2.45, 2.75) is 20.0 Å². The summed E-state index contributed by atoms with van der Waals surface area (Å²) in [6.07, 6.45) is -0.428. The first-order chi connectivity index (χ1) is 6.09. The van der Waals surface area contributed by atoms with E-state index in [1.54, 1.807) is 6.92 Å². The summed E-state index contributed by atoms with van der Waals surface area (Å²) in [5.41, 5.74) is 1.06. The largest absolute Gasteiger partial charge is 0.491 e. The normalized spacial score (nSPS) is 12.6. The minimum Gasteiger partial charge on any atom is -0.491 e. The van der Waals surface area contributed by atoms with Crippen molar-refractivity contribution in [1.29, 1.82) is 0 Å². The van der Waals surface area contributed by atoms with Gasteiger partial charge in [0.15, 0.2) is 0 Å². The fourth-order valence-electron chi connectivity index (χ4n) is 0.985. The Labute approximate surface area is 86.7 Å². The molecule has 0 radical (unpaired) electrons. The van der Waals surface area contributed by atoms with Crippen LogP contribution in [0.5, 0.6) is 5.75 Å². The lowest BCUT2D eigenvalue weighted by atomic mass is 10.2. The van der Waals surface area contributed by atoms with E-state index >= 15 is 0 Å². The first-order valence-electron chi connectivity index (χ1n) is 4.16. The molecule has 0 saturated carbocycles. The number of hydrogen-bond acceptors (Lipinski definition) is 2. The van der Waals surface area contributed by atoms with Crippen molar-refractivity contribution in [1.82, 2.24) is 0 Å². The predicted octanol–water partition coefficient (Wildman–Crippen LogP) is 2.52. The molecule has 1 aromatic carbocycles. The van der Waals surface area contributed by atoms with Gasteiger partial charge in [-0.2, -0.15) is 0 Å². The van der Waals surface area contributed by atoms with Crippen molar-refractivity contribution in [3.05, 3.63) is 28.2 Å². The molecule has 0 aliphatic carbocycles. The highest BCUT2D eigenvalue weighted by molar-refractivity contribution is 9.10. The summed E-state index contributed by atoms with van der Waals surface area (Å²) in [6, 6.07) is 5.80. The Morgan fingerprint density at radius 2 is 2.23 bits per heavy atom. The number of aliphatic hydroxyl groups excluding tert-OH is 1. The van der Waals surface area contributed by atoms with E-state index in [0.29, 0.717) is 6.61 Å². The lowest BCUT2D eigenvalue weighted by Gasteiger charge is -2.10. The van der Waals surface area contributed by atoms with Crippen LogP contribution in [-0.2, 0) is 0 Å². The molecular weight excluding hydrogens is 232 g/mol. The average Bonchev–Trinajstić information content (AvgIpc) is 2.02. The molecule has 13 heavy (non-hydrogen) atoms. The van der Waals surface area contributed by atoms with Gasteiger partial charge in [-0.05, 0) is 37.6 Å². The second-order valence-electron chi connectivity index (χ2n) is 3.07. The molecule has 0 saturated heterocycles. The van der Waals surface area contributed by atoms with Crippen molar-refractivity contribution in [2.24, 2.45) is 0 Å². The van der Waals surface area contributed by atoms with Crippen LogP contribution in [0, 0.1) is 6.92 Å². The molecule has 0 spiro atoms. The molecule has 0 aliphatic rings. The fraction of sp³-hybridized carbons (Fsp3) is 0.400. The minimum atomic E-state index is -0.428. The van der Waals surface area contributed by atoms with Gasteiger partial charge in [0.2, 0.25) is 0 Å². The highest BCUT2D eigenvalue weighted by Crippen LogP contribution is 2.22. The summed E-state index contributed by atoms with van der Waals surface area (Å²) in [5.74, 6) is 0.823. The first-order valence-corrected chi connectivity index (χ1v) is 4.96. The predicted molar refractivity (Wildman–Crippen MR) is 56.1 cm³/mol. The topological polar surface area (TPSA) is 29.5 Å². The number of aryl methyl sites for hydroxylation is 1. The molecule has 1 N–H and O–H groups in total. The van der Waals surface area contributed by atoms with Gasteiger partial charge in [-0.3, -0.25) is 0 Å². The van der Waals surface area contributed by atoms with E-state index in [-0.39, 0.29) is 0 Å². The van der Waals surface area contributed by atoms with Crippen LogP contribution in [0.2, 0.25) is 0 Å². The molecule has 0 aliphatic heterocycles. The van der Waals surface area contributed by atoms with Crippen LogP contribution >= 0.6 is 15.9 Å². The lowest BCUT2D eigenvalue weighted by Crippen LogP contribution is -2.13. The monoisotopic (exact) mass is 244 g/mol. The Bertz CT molecular complexity index is 284. The van der Waals surface area contributed by atoms with Crippen LogP contribution in [0.1, 0.15) is 12.5 Å². The molecule has 0 amide bonds. The van der Waals surface area contributed by atoms with Crippen molar-refractivity contribution in [3.8, 4) is 5.75 Å². The number of halogens is 1. The molecule has 0 bridgehead atoms. The maximum Gasteiger partial charge on any atom is 0.122 e. The highest BCUT2D eigenvalue weighted by atomic mass is 79.9. The second kappa shape index (κ2) is 4.63. The van der Waals surface area contributed by atoms with Crippen LogP contribution in [0.4, 0.5) is 0 Å². The van der Waals surface area contributed by atoms with E-state index in [9.17, 15) is 0 Å². The summed E-state index contributed by atoms with van der Waals surface area (Å²) in [6.45, 7) is 4.01. The number of benzene rings is 1. The summed E-state index contributed by atoms with van der Waals surface area (Å²) in [4.78, 5) is 0. The molecule has 3 heteroatoms. The summed E-state index contributed by atoms with van der Waals surface area (Å²) in [7, 11) is 0.